The fraction of sp³-hybridized carbons (Fsp3) is 0.375. The highest BCUT2D eigenvalue weighted by Crippen LogP contribution is 2.44. The number of benzene rings is 1. The van der Waals surface area contributed by atoms with Gasteiger partial charge in [0.1, 0.15) is 19.0 Å². The predicted molar refractivity (Wildman–Crippen MR) is 122 cm³/mol. The smallest absolute Gasteiger partial charge is 0.306 e. The third kappa shape index (κ3) is 4.57. The van der Waals surface area contributed by atoms with Gasteiger partial charge in [0.05, 0.1) is 32.5 Å². The van der Waals surface area contributed by atoms with Crippen LogP contribution in [0.4, 0.5) is 0 Å². The number of rotatable bonds is 8. The number of carbonyl (C=O) groups is 1. The Kier molecular flexibility index (Phi) is 6.76. The zero-order valence-corrected chi connectivity index (χ0v) is 19.3. The number of aryl methyl sites for hydroxylation is 2. The maximum absolute atomic E-state index is 13.6. The van der Waals surface area contributed by atoms with Crippen molar-refractivity contribution < 1.29 is 28.8 Å². The van der Waals surface area contributed by atoms with Gasteiger partial charge in [0.15, 0.2) is 11.5 Å². The van der Waals surface area contributed by atoms with Crippen molar-refractivity contribution in [2.75, 3.05) is 27.4 Å². The van der Waals surface area contributed by atoms with Gasteiger partial charge in [-0.2, -0.15) is 0 Å². The molecule has 180 valence electrons. The summed E-state index contributed by atoms with van der Waals surface area (Å²) in [7, 11) is 2.78. The zero-order chi connectivity index (χ0) is 24.2. The lowest BCUT2D eigenvalue weighted by atomic mass is 9.87. The molecule has 3 heterocycles. The second kappa shape index (κ2) is 9.90. The van der Waals surface area contributed by atoms with Crippen molar-refractivity contribution in [2.45, 2.75) is 32.2 Å². The highest BCUT2D eigenvalue weighted by molar-refractivity contribution is 5.72. The molecule has 0 radical (unpaired) electrons. The van der Waals surface area contributed by atoms with Gasteiger partial charge in [0.25, 0.3) is 5.56 Å². The number of ether oxygens (including phenoxy) is 4. The normalized spacial score (nSPS) is 13.4. The van der Waals surface area contributed by atoms with Crippen molar-refractivity contribution in [3.05, 3.63) is 63.6 Å². The summed E-state index contributed by atoms with van der Waals surface area (Å²) in [4.78, 5) is 33.0. The standard InChI is InChI=1S/C24H27N3O7/c1-14-8-18(28)22(24(30)27(14)5-4-16-12-25-13-26-16)17(11-21(29)32-3)15-9-19(31-2)23-20(10-15)33-6-7-34-23/h8-10,12-13,17,28H,4-7,11H2,1-3H3,(H,25,26)/t17-/m1/s1. The van der Waals surface area contributed by atoms with E-state index < -0.39 is 11.9 Å². The van der Waals surface area contributed by atoms with Gasteiger partial charge >= 0.3 is 5.97 Å². The summed E-state index contributed by atoms with van der Waals surface area (Å²) in [5.41, 5.74) is 1.74. The minimum Gasteiger partial charge on any atom is -0.507 e. The van der Waals surface area contributed by atoms with E-state index in [1.54, 1.807) is 36.1 Å². The minimum absolute atomic E-state index is 0.0966. The summed E-state index contributed by atoms with van der Waals surface area (Å²) in [6.07, 6.45) is 3.66. The van der Waals surface area contributed by atoms with E-state index in [1.165, 1.54) is 20.3 Å². The Morgan fingerprint density at radius 1 is 1.26 bits per heavy atom. The number of aromatic amines is 1. The Labute approximate surface area is 196 Å². The fourth-order valence-corrected chi connectivity index (χ4v) is 4.16. The van der Waals surface area contributed by atoms with Crippen LogP contribution in [0.15, 0.2) is 35.5 Å². The molecule has 0 fully saturated rings. The van der Waals surface area contributed by atoms with E-state index in [0.29, 0.717) is 54.7 Å². The summed E-state index contributed by atoms with van der Waals surface area (Å²) in [6, 6.07) is 4.93. The summed E-state index contributed by atoms with van der Waals surface area (Å²) in [5.74, 6) is -0.205. The number of fused-ring (bicyclic) bond motifs is 1. The lowest BCUT2D eigenvalue weighted by molar-refractivity contribution is -0.140. The van der Waals surface area contributed by atoms with Gasteiger partial charge < -0.3 is 33.6 Å². The highest BCUT2D eigenvalue weighted by atomic mass is 16.6. The van der Waals surface area contributed by atoms with Gasteiger partial charge in [0.2, 0.25) is 5.75 Å². The summed E-state index contributed by atoms with van der Waals surface area (Å²) in [6.45, 7) is 2.86. The lowest BCUT2D eigenvalue weighted by Crippen LogP contribution is -2.29. The monoisotopic (exact) mass is 469 g/mol. The third-order valence-electron chi connectivity index (χ3n) is 5.88. The predicted octanol–water partition coefficient (Wildman–Crippen LogP) is 2.30. The van der Waals surface area contributed by atoms with Crippen molar-refractivity contribution in [1.29, 1.82) is 0 Å². The first-order valence-electron chi connectivity index (χ1n) is 10.9. The molecule has 10 heteroatoms. The van der Waals surface area contributed by atoms with Crippen LogP contribution in [0.3, 0.4) is 0 Å². The molecule has 0 unspecified atom stereocenters. The molecule has 0 spiro atoms. The molecule has 1 atom stereocenters. The summed E-state index contributed by atoms with van der Waals surface area (Å²) >= 11 is 0. The molecule has 0 aliphatic carbocycles. The first kappa shape index (κ1) is 23.2. The van der Waals surface area contributed by atoms with Gasteiger partial charge in [-0.25, -0.2) is 4.98 Å². The molecule has 10 nitrogen and oxygen atoms in total. The van der Waals surface area contributed by atoms with E-state index in [0.717, 1.165) is 5.69 Å². The van der Waals surface area contributed by atoms with E-state index in [1.807, 2.05) is 0 Å². The highest BCUT2D eigenvalue weighted by Gasteiger charge is 2.29. The molecule has 0 amide bonds. The minimum atomic E-state index is -0.802. The molecule has 3 aromatic rings. The van der Waals surface area contributed by atoms with E-state index in [4.69, 9.17) is 18.9 Å². The van der Waals surface area contributed by atoms with E-state index in [-0.39, 0.29) is 23.3 Å². The van der Waals surface area contributed by atoms with Gasteiger partial charge in [-0.05, 0) is 30.7 Å². The Bertz CT molecular complexity index is 1220. The number of nitrogens with one attached hydrogen (secondary N) is 1. The van der Waals surface area contributed by atoms with Crippen LogP contribution in [0.5, 0.6) is 23.0 Å². The maximum atomic E-state index is 13.6. The average molecular weight is 469 g/mol. The molecule has 1 aromatic carbocycles. The number of hydrogen-bond acceptors (Lipinski definition) is 8. The number of aromatic hydroxyl groups is 1. The first-order valence-corrected chi connectivity index (χ1v) is 10.9. The second-order valence-electron chi connectivity index (χ2n) is 7.95. The van der Waals surface area contributed by atoms with Crippen LogP contribution >= 0.6 is 0 Å². The second-order valence-corrected chi connectivity index (χ2v) is 7.95. The zero-order valence-electron chi connectivity index (χ0n) is 19.3. The summed E-state index contributed by atoms with van der Waals surface area (Å²) in [5, 5.41) is 10.9. The number of pyridine rings is 1. The fourth-order valence-electron chi connectivity index (χ4n) is 4.16. The number of methoxy groups -OCH3 is 2. The van der Waals surface area contributed by atoms with Crippen LogP contribution in [0.25, 0.3) is 0 Å². The number of imidazole rings is 1. The number of aromatic nitrogens is 3. The number of nitrogens with zero attached hydrogens (tertiary/aromatic N) is 2. The largest absolute Gasteiger partial charge is 0.507 e. The molecule has 2 N–H and O–H groups in total. The molecule has 0 saturated heterocycles. The summed E-state index contributed by atoms with van der Waals surface area (Å²) < 4.78 is 23.4. The topological polar surface area (TPSA) is 125 Å². The van der Waals surface area contributed by atoms with Crippen molar-refractivity contribution in [3.8, 4) is 23.0 Å². The number of hydrogen-bond donors (Lipinski definition) is 2. The molecule has 0 saturated carbocycles. The Morgan fingerprint density at radius 2 is 2.06 bits per heavy atom. The molecule has 1 aliphatic heterocycles. The van der Waals surface area contributed by atoms with Crippen molar-refractivity contribution in [1.82, 2.24) is 14.5 Å². The van der Waals surface area contributed by atoms with E-state index in [2.05, 4.69) is 9.97 Å². The molecular weight excluding hydrogens is 442 g/mol. The van der Waals surface area contributed by atoms with Crippen LogP contribution in [0.1, 0.15) is 34.9 Å². The quantitative estimate of drug-likeness (QED) is 0.482. The van der Waals surface area contributed by atoms with E-state index >= 15 is 0 Å². The van der Waals surface area contributed by atoms with Crippen LogP contribution < -0.4 is 19.8 Å². The van der Waals surface area contributed by atoms with Crippen LogP contribution in [-0.2, 0) is 22.5 Å². The van der Waals surface area contributed by atoms with Crippen molar-refractivity contribution >= 4 is 5.97 Å². The van der Waals surface area contributed by atoms with Crippen molar-refractivity contribution in [2.24, 2.45) is 0 Å². The lowest BCUT2D eigenvalue weighted by Gasteiger charge is -2.25. The average Bonchev–Trinajstić information content (AvgIpc) is 3.35. The SMILES string of the molecule is COC(=O)C[C@H](c1cc(OC)c2c(c1)OCCO2)c1c(O)cc(C)n(CCc2cnc[nH]2)c1=O. The van der Waals surface area contributed by atoms with Gasteiger partial charge in [0, 0.05) is 36.5 Å². The molecule has 34 heavy (non-hydrogen) atoms. The Hall–Kier alpha value is -3.95. The van der Waals surface area contributed by atoms with Crippen LogP contribution in [-0.4, -0.2) is 53.0 Å². The molecule has 4 rings (SSSR count). The molecule has 0 bridgehead atoms. The van der Waals surface area contributed by atoms with Crippen LogP contribution in [0, 0.1) is 6.92 Å². The third-order valence-corrected chi connectivity index (χ3v) is 5.88. The number of carbonyl (C=O) groups excluding carboxylic acids is 1. The van der Waals surface area contributed by atoms with Crippen LogP contribution in [0.2, 0.25) is 0 Å². The molecule has 1 aliphatic rings. The Balaban J connectivity index is 1.82. The van der Waals surface area contributed by atoms with E-state index in [9.17, 15) is 14.7 Å². The maximum Gasteiger partial charge on any atom is 0.306 e. The number of H-pyrrole nitrogens is 1. The van der Waals surface area contributed by atoms with Crippen molar-refractivity contribution in [3.63, 3.8) is 0 Å². The Morgan fingerprint density at radius 3 is 2.76 bits per heavy atom. The number of esters is 1. The van der Waals surface area contributed by atoms with Gasteiger partial charge in [-0.15, -0.1) is 0 Å². The first-order chi connectivity index (χ1) is 16.4. The molecule has 2 aromatic heterocycles. The van der Waals surface area contributed by atoms with Gasteiger partial charge in [-0.1, -0.05) is 0 Å². The molecular formula is C24H27N3O7. The van der Waals surface area contributed by atoms with Gasteiger partial charge in [-0.3, -0.25) is 9.59 Å².